The van der Waals surface area contributed by atoms with Crippen molar-refractivity contribution in [3.63, 3.8) is 0 Å². The van der Waals surface area contributed by atoms with E-state index >= 15 is 0 Å². The number of rotatable bonds is 4. The summed E-state index contributed by atoms with van der Waals surface area (Å²) >= 11 is 12.0. The standard InChI is InChI=1S/C17H16Cl2N2O/c18-15-2-1-13(17(19)8-15)11-22-16-7-14(9-21-10-16)12-3-5-20-6-4-12/h1-3,7-10,20H,4-6,11H2. The minimum absolute atomic E-state index is 0.391. The van der Waals surface area contributed by atoms with E-state index in [1.54, 1.807) is 18.3 Å². The lowest BCUT2D eigenvalue weighted by molar-refractivity contribution is 0.305. The van der Waals surface area contributed by atoms with Gasteiger partial charge in [0.05, 0.1) is 6.20 Å². The molecular formula is C17H16Cl2N2O. The molecule has 1 N–H and O–H groups in total. The maximum atomic E-state index is 6.15. The third kappa shape index (κ3) is 3.80. The Bertz CT molecular complexity index is 701. The van der Waals surface area contributed by atoms with Crippen LogP contribution in [0.15, 0.2) is 42.7 Å². The Morgan fingerprint density at radius 3 is 2.86 bits per heavy atom. The summed E-state index contributed by atoms with van der Waals surface area (Å²) in [6, 6.07) is 7.42. The zero-order valence-electron chi connectivity index (χ0n) is 12.0. The van der Waals surface area contributed by atoms with Gasteiger partial charge >= 0.3 is 0 Å². The molecule has 2 aromatic rings. The number of hydrogen-bond acceptors (Lipinski definition) is 3. The van der Waals surface area contributed by atoms with Gasteiger partial charge < -0.3 is 10.1 Å². The molecular weight excluding hydrogens is 319 g/mol. The molecule has 1 aliphatic rings. The Morgan fingerprint density at radius 1 is 1.18 bits per heavy atom. The first kappa shape index (κ1) is 15.3. The summed E-state index contributed by atoms with van der Waals surface area (Å²) in [7, 11) is 0. The van der Waals surface area contributed by atoms with E-state index in [0.29, 0.717) is 16.7 Å². The number of hydrogen-bond donors (Lipinski definition) is 1. The SMILES string of the molecule is Clc1ccc(COc2cncc(C3=CCNCC3)c2)c(Cl)c1. The molecule has 0 aliphatic carbocycles. The topological polar surface area (TPSA) is 34.1 Å². The van der Waals surface area contributed by atoms with Crippen molar-refractivity contribution in [2.24, 2.45) is 0 Å². The second-order valence-corrected chi connectivity index (χ2v) is 5.96. The molecule has 0 saturated carbocycles. The lowest BCUT2D eigenvalue weighted by Crippen LogP contribution is -2.20. The first-order valence-electron chi connectivity index (χ1n) is 7.14. The van der Waals surface area contributed by atoms with Gasteiger partial charge in [0.1, 0.15) is 12.4 Å². The fourth-order valence-corrected chi connectivity index (χ4v) is 2.82. The van der Waals surface area contributed by atoms with Crippen molar-refractivity contribution < 1.29 is 4.74 Å². The third-order valence-electron chi connectivity index (χ3n) is 3.56. The Balaban J connectivity index is 1.71. The highest BCUT2D eigenvalue weighted by molar-refractivity contribution is 6.35. The largest absolute Gasteiger partial charge is 0.487 e. The molecule has 0 amide bonds. The van der Waals surface area contributed by atoms with Crippen LogP contribution in [-0.2, 0) is 6.61 Å². The van der Waals surface area contributed by atoms with Gasteiger partial charge in [-0.2, -0.15) is 0 Å². The molecule has 0 atom stereocenters. The van der Waals surface area contributed by atoms with Crippen LogP contribution in [0.25, 0.3) is 5.57 Å². The van der Waals surface area contributed by atoms with Crippen LogP contribution in [0.1, 0.15) is 17.5 Å². The van der Waals surface area contributed by atoms with E-state index in [1.807, 2.05) is 18.3 Å². The Hall–Kier alpha value is -1.55. The van der Waals surface area contributed by atoms with Gasteiger partial charge in [-0.25, -0.2) is 0 Å². The van der Waals surface area contributed by atoms with Crippen LogP contribution in [0.3, 0.4) is 0 Å². The summed E-state index contributed by atoms with van der Waals surface area (Å²) in [6.45, 7) is 2.29. The van der Waals surface area contributed by atoms with Crippen LogP contribution in [-0.4, -0.2) is 18.1 Å². The maximum absolute atomic E-state index is 6.15. The summed E-state index contributed by atoms with van der Waals surface area (Å²) in [4.78, 5) is 4.27. The third-order valence-corrected chi connectivity index (χ3v) is 4.14. The molecule has 1 aromatic carbocycles. The average molecular weight is 335 g/mol. The fourth-order valence-electron chi connectivity index (χ4n) is 2.36. The van der Waals surface area contributed by atoms with E-state index in [4.69, 9.17) is 27.9 Å². The lowest BCUT2D eigenvalue weighted by Gasteiger charge is -2.15. The van der Waals surface area contributed by atoms with Crippen molar-refractivity contribution >= 4 is 28.8 Å². The normalized spacial score (nSPS) is 14.5. The smallest absolute Gasteiger partial charge is 0.138 e. The Morgan fingerprint density at radius 2 is 2.09 bits per heavy atom. The number of nitrogens with zero attached hydrogens (tertiary/aromatic N) is 1. The average Bonchev–Trinajstić information content (AvgIpc) is 2.55. The molecule has 0 unspecified atom stereocenters. The summed E-state index contributed by atoms with van der Waals surface area (Å²) < 4.78 is 5.81. The molecule has 0 spiro atoms. The second-order valence-electron chi connectivity index (χ2n) is 5.12. The predicted molar refractivity (Wildman–Crippen MR) is 90.5 cm³/mol. The van der Waals surface area contributed by atoms with Gasteiger partial charge in [0.25, 0.3) is 0 Å². The highest BCUT2D eigenvalue weighted by atomic mass is 35.5. The molecule has 5 heteroatoms. The van der Waals surface area contributed by atoms with Crippen molar-refractivity contribution in [1.29, 1.82) is 0 Å². The van der Waals surface area contributed by atoms with Gasteiger partial charge in [-0.3, -0.25) is 4.98 Å². The van der Waals surface area contributed by atoms with Gasteiger partial charge in [0.2, 0.25) is 0 Å². The van der Waals surface area contributed by atoms with Crippen molar-refractivity contribution in [3.05, 3.63) is 63.9 Å². The number of pyridine rings is 1. The summed E-state index contributed by atoms with van der Waals surface area (Å²) in [5.74, 6) is 0.739. The maximum Gasteiger partial charge on any atom is 0.138 e. The highest BCUT2D eigenvalue weighted by Gasteiger charge is 2.08. The second kappa shape index (κ2) is 7.14. The number of nitrogens with one attached hydrogen (secondary N) is 1. The highest BCUT2D eigenvalue weighted by Crippen LogP contribution is 2.25. The van der Waals surface area contributed by atoms with E-state index < -0.39 is 0 Å². The molecule has 2 heterocycles. The molecule has 3 nitrogen and oxygen atoms in total. The van der Waals surface area contributed by atoms with Crippen LogP contribution >= 0.6 is 23.2 Å². The summed E-state index contributed by atoms with van der Waals surface area (Å²) in [5, 5.41) is 4.53. The zero-order chi connectivity index (χ0) is 15.4. The number of benzene rings is 1. The van der Waals surface area contributed by atoms with Gasteiger partial charge in [0, 0.05) is 28.4 Å². The fraction of sp³-hybridized carbons (Fsp3) is 0.235. The minimum Gasteiger partial charge on any atom is -0.487 e. The first-order valence-corrected chi connectivity index (χ1v) is 7.90. The monoisotopic (exact) mass is 334 g/mol. The van der Waals surface area contributed by atoms with Crippen LogP contribution in [0, 0.1) is 0 Å². The van der Waals surface area contributed by atoms with E-state index in [9.17, 15) is 0 Å². The summed E-state index contributed by atoms with van der Waals surface area (Å²) in [6.07, 6.45) is 6.79. The van der Waals surface area contributed by atoms with Crippen LogP contribution in [0.2, 0.25) is 10.0 Å². The van der Waals surface area contributed by atoms with Gasteiger partial charge in [-0.1, -0.05) is 35.3 Å². The number of ether oxygens (including phenoxy) is 1. The van der Waals surface area contributed by atoms with E-state index in [0.717, 1.165) is 36.4 Å². The number of halogens is 2. The number of aromatic nitrogens is 1. The molecule has 114 valence electrons. The molecule has 3 rings (SSSR count). The molecule has 1 aromatic heterocycles. The van der Waals surface area contributed by atoms with Crippen molar-refractivity contribution in [3.8, 4) is 5.75 Å². The minimum atomic E-state index is 0.391. The van der Waals surface area contributed by atoms with Crippen molar-refractivity contribution in [2.75, 3.05) is 13.1 Å². The molecule has 1 aliphatic heterocycles. The molecule has 0 radical (unpaired) electrons. The van der Waals surface area contributed by atoms with Crippen LogP contribution in [0.4, 0.5) is 0 Å². The molecule has 0 bridgehead atoms. The molecule has 22 heavy (non-hydrogen) atoms. The van der Waals surface area contributed by atoms with Gasteiger partial charge in [0.15, 0.2) is 0 Å². The molecule has 0 saturated heterocycles. The Kier molecular flexibility index (Phi) is 4.98. The first-order chi connectivity index (χ1) is 10.7. The van der Waals surface area contributed by atoms with Crippen molar-refractivity contribution in [1.82, 2.24) is 10.3 Å². The zero-order valence-corrected chi connectivity index (χ0v) is 13.5. The lowest BCUT2D eigenvalue weighted by atomic mass is 10.0. The molecule has 0 fully saturated rings. The van der Waals surface area contributed by atoms with Crippen molar-refractivity contribution in [2.45, 2.75) is 13.0 Å². The van der Waals surface area contributed by atoms with E-state index in [-0.39, 0.29) is 0 Å². The van der Waals surface area contributed by atoms with E-state index in [1.165, 1.54) is 5.57 Å². The Labute approximate surface area is 139 Å². The van der Waals surface area contributed by atoms with Gasteiger partial charge in [-0.15, -0.1) is 0 Å². The van der Waals surface area contributed by atoms with Gasteiger partial charge in [-0.05, 0) is 42.3 Å². The summed E-state index contributed by atoms with van der Waals surface area (Å²) in [5.41, 5.74) is 3.32. The van der Waals surface area contributed by atoms with E-state index in [2.05, 4.69) is 16.4 Å². The van der Waals surface area contributed by atoms with Crippen LogP contribution < -0.4 is 10.1 Å². The van der Waals surface area contributed by atoms with Crippen LogP contribution in [0.5, 0.6) is 5.75 Å². The quantitative estimate of drug-likeness (QED) is 0.902. The predicted octanol–water partition coefficient (Wildman–Crippen LogP) is 4.34.